The Balaban J connectivity index is 0.00000256. The molecule has 2 atom stereocenters. The third-order valence-electron chi connectivity index (χ3n) is 7.23. The average Bonchev–Trinajstić information content (AvgIpc) is 3.73. The van der Waals surface area contributed by atoms with Gasteiger partial charge in [0.1, 0.15) is 0 Å². The molecule has 0 amide bonds. The Morgan fingerprint density at radius 2 is 1.56 bits per heavy atom. The number of aliphatic imine (C=N–C) groups is 2. The van der Waals surface area contributed by atoms with Crippen molar-refractivity contribution in [3.05, 3.63) is 84.1 Å². The van der Waals surface area contributed by atoms with Crippen LogP contribution in [0.3, 0.4) is 0 Å². The van der Waals surface area contributed by atoms with E-state index in [2.05, 4.69) is 20.0 Å². The van der Waals surface area contributed by atoms with Crippen molar-refractivity contribution in [1.29, 1.82) is 0 Å². The second kappa shape index (κ2) is 8.88. The number of fused-ring (bicyclic) bond motifs is 18. The third-order valence-corrected chi connectivity index (χ3v) is 7.23. The maximum absolute atomic E-state index is 4.93. The van der Waals surface area contributed by atoms with Crippen LogP contribution in [0.2, 0.25) is 0 Å². The fourth-order valence-electron chi connectivity index (χ4n) is 5.32. The molecule has 4 aromatic rings. The molecule has 9 heterocycles. The summed E-state index contributed by atoms with van der Waals surface area (Å²) in [5.41, 5.74) is 5.21. The summed E-state index contributed by atoms with van der Waals surface area (Å²) in [6.45, 7) is 0. The fraction of sp³-hybridized carbons (Fsp3) is 0.0714. The standard InChI is InChI=1S/C28H14N12.Cu/c1-5-29-9-17-13(1)21-33-25(17)38-22-15-3-7-31-11-19(15)27(35-22)40-24-16-4-8-32-12-20(16)28(36-24)39-23-14-2-6-30-10-18(14)26(34-23)37-21;/h1-13,18H;/q-2;+2. The predicted molar refractivity (Wildman–Crippen MR) is 146 cm³/mol. The normalized spacial score (nSPS) is 18.5. The molecule has 197 valence electrons. The van der Waals surface area contributed by atoms with E-state index in [0.717, 1.165) is 33.0 Å². The Labute approximate surface area is 240 Å². The van der Waals surface area contributed by atoms with E-state index in [-0.39, 0.29) is 28.9 Å². The van der Waals surface area contributed by atoms with Gasteiger partial charge in [-0.2, -0.15) is 0 Å². The van der Waals surface area contributed by atoms with Gasteiger partial charge in [-0.1, -0.05) is 6.08 Å². The summed E-state index contributed by atoms with van der Waals surface area (Å²) in [7, 11) is 0. The number of nitrogens with zero attached hydrogens (tertiary/aromatic N) is 12. The van der Waals surface area contributed by atoms with Gasteiger partial charge >= 0.3 is 17.1 Å². The topological polar surface area (TPSA) is 156 Å². The molecule has 5 aliphatic heterocycles. The van der Waals surface area contributed by atoms with Crippen LogP contribution < -0.4 is 20.9 Å². The smallest absolute Gasteiger partial charge is 0.361 e. The molecule has 4 aromatic heterocycles. The summed E-state index contributed by atoms with van der Waals surface area (Å²) in [5, 5.41) is 1.56. The van der Waals surface area contributed by atoms with Crippen LogP contribution in [0.4, 0.5) is 0 Å². The number of pyridine rings is 2. The maximum Gasteiger partial charge on any atom is 2.00 e. The molecule has 41 heavy (non-hydrogen) atoms. The Kier molecular flexibility index (Phi) is 5.11. The second-order valence-electron chi connectivity index (χ2n) is 9.49. The van der Waals surface area contributed by atoms with Crippen LogP contribution in [0.5, 0.6) is 0 Å². The van der Waals surface area contributed by atoms with E-state index in [4.69, 9.17) is 39.9 Å². The molecular weight excluding hydrogens is 568 g/mol. The number of hydrogen-bond acceptors (Lipinski definition) is 10. The molecule has 13 heteroatoms. The van der Waals surface area contributed by atoms with Crippen molar-refractivity contribution in [3.8, 4) is 22.8 Å². The van der Waals surface area contributed by atoms with Crippen molar-refractivity contribution >= 4 is 45.6 Å². The van der Waals surface area contributed by atoms with Gasteiger partial charge in [0.15, 0.2) is 0 Å². The van der Waals surface area contributed by atoms with Crippen molar-refractivity contribution < 1.29 is 17.1 Å². The van der Waals surface area contributed by atoms with Crippen molar-refractivity contribution in [2.75, 3.05) is 0 Å². The molecule has 2 unspecified atom stereocenters. The largest absolute Gasteiger partial charge is 2.00 e. The first-order valence-corrected chi connectivity index (χ1v) is 12.5. The van der Waals surface area contributed by atoms with Crippen LogP contribution >= 0.6 is 0 Å². The second-order valence-corrected chi connectivity index (χ2v) is 9.49. The summed E-state index contributed by atoms with van der Waals surface area (Å²) in [6, 6.07) is 3.74. The Morgan fingerprint density at radius 3 is 2.54 bits per heavy atom. The minimum Gasteiger partial charge on any atom is -0.361 e. The van der Waals surface area contributed by atoms with Crippen molar-refractivity contribution in [1.82, 2.24) is 49.8 Å². The van der Waals surface area contributed by atoms with E-state index < -0.39 is 0 Å². The van der Waals surface area contributed by atoms with E-state index in [1.807, 2.05) is 30.5 Å². The van der Waals surface area contributed by atoms with Gasteiger partial charge in [0.2, 0.25) is 0 Å². The predicted octanol–water partition coefficient (Wildman–Crippen LogP) is 1.22. The van der Waals surface area contributed by atoms with Crippen LogP contribution in [0, 0.1) is 0 Å². The molecular formula is C28H14CuN12. The first kappa shape index (κ1) is 23.6. The molecule has 0 saturated heterocycles. The maximum atomic E-state index is 4.93. The number of allylic oxidation sites excluding steroid dienone is 2. The molecule has 0 aliphatic carbocycles. The molecule has 9 rings (SSSR count). The molecule has 5 aliphatic rings. The minimum absolute atomic E-state index is 0. The number of hydrogen-bond donors (Lipinski definition) is 0. The van der Waals surface area contributed by atoms with E-state index >= 15 is 0 Å². The van der Waals surface area contributed by atoms with Crippen LogP contribution in [-0.2, 0) is 17.1 Å². The molecule has 8 bridgehead atoms. The summed E-state index contributed by atoms with van der Waals surface area (Å²) in [5.74, 6) is 1.58. The van der Waals surface area contributed by atoms with Gasteiger partial charge < -0.3 is 29.9 Å². The summed E-state index contributed by atoms with van der Waals surface area (Å²) >= 11 is 0. The third kappa shape index (κ3) is 3.53. The fourth-order valence-corrected chi connectivity index (χ4v) is 5.32. The van der Waals surface area contributed by atoms with Crippen molar-refractivity contribution in [3.63, 3.8) is 0 Å². The Morgan fingerprint density at radius 1 is 0.683 bits per heavy atom. The molecule has 1 radical (unpaired) electrons. The Hall–Kier alpha value is -5.26. The molecule has 0 N–H and O–H groups in total. The van der Waals surface area contributed by atoms with Gasteiger partial charge in [-0.3, -0.25) is 20.0 Å². The minimum atomic E-state index is -0.258. The van der Waals surface area contributed by atoms with Gasteiger partial charge in [-0.25, -0.2) is 9.97 Å². The van der Waals surface area contributed by atoms with Crippen LogP contribution in [0.15, 0.2) is 71.5 Å². The first-order chi connectivity index (χ1) is 19.8. The molecule has 0 saturated carbocycles. The van der Waals surface area contributed by atoms with Gasteiger partial charge in [-0.15, -0.1) is 0 Å². The van der Waals surface area contributed by atoms with Crippen molar-refractivity contribution in [2.24, 2.45) is 9.98 Å². The summed E-state index contributed by atoms with van der Waals surface area (Å²) in [4.78, 5) is 56.1. The number of rotatable bonds is 0. The zero-order valence-corrected chi connectivity index (χ0v) is 21.7. The van der Waals surface area contributed by atoms with Crippen LogP contribution in [0.1, 0.15) is 23.5 Å². The summed E-state index contributed by atoms with van der Waals surface area (Å²) in [6.07, 6.45) is 17.8. The van der Waals surface area contributed by atoms with E-state index in [0.29, 0.717) is 45.6 Å². The zero-order valence-electron chi connectivity index (χ0n) is 20.8. The van der Waals surface area contributed by atoms with Gasteiger partial charge in [0, 0.05) is 94.6 Å². The van der Waals surface area contributed by atoms with E-state index in [9.17, 15) is 0 Å². The monoisotopic (exact) mass is 581 g/mol. The average molecular weight is 582 g/mol. The Bertz CT molecular complexity index is 2260. The van der Waals surface area contributed by atoms with E-state index in [1.165, 1.54) is 0 Å². The van der Waals surface area contributed by atoms with Gasteiger partial charge in [0.25, 0.3) is 0 Å². The van der Waals surface area contributed by atoms with E-state index in [1.54, 1.807) is 43.4 Å². The van der Waals surface area contributed by atoms with Crippen LogP contribution in [0.25, 0.3) is 56.0 Å². The van der Waals surface area contributed by atoms with Gasteiger partial charge in [0.05, 0.1) is 28.9 Å². The molecule has 12 nitrogen and oxygen atoms in total. The van der Waals surface area contributed by atoms with Crippen molar-refractivity contribution in [2.45, 2.75) is 11.8 Å². The summed E-state index contributed by atoms with van der Waals surface area (Å²) < 4.78 is 0. The van der Waals surface area contributed by atoms with Crippen LogP contribution in [-0.4, -0.2) is 52.3 Å². The molecule has 0 fully saturated rings. The molecule has 0 spiro atoms. The first-order valence-electron chi connectivity index (χ1n) is 12.5. The SMILES string of the molecule is C1=CC2=c3nc(nc4[n-]c(nc5nc(nc6[n-]c(n3)c3cnccc63)-c3cnccc3-5)=C3C=NC=CC34)C2C=N1.[Cu+2]. The number of aromatic nitrogens is 10. The zero-order chi connectivity index (χ0) is 26.2. The quantitative estimate of drug-likeness (QED) is 0.244. The van der Waals surface area contributed by atoms with Gasteiger partial charge in [-0.05, 0) is 34.7 Å². The molecule has 0 aromatic carbocycles.